The van der Waals surface area contributed by atoms with Gasteiger partial charge < -0.3 is 4.90 Å². The van der Waals surface area contributed by atoms with Gasteiger partial charge in [0.05, 0.1) is 11.1 Å². The molecule has 0 saturated heterocycles. The van der Waals surface area contributed by atoms with Crippen LogP contribution in [0.15, 0.2) is 237 Å². The number of benzene rings is 10. The second-order valence-corrected chi connectivity index (χ2v) is 19.5. The molecule has 13 rings (SSSR count). The van der Waals surface area contributed by atoms with Gasteiger partial charge in [-0.2, -0.15) is 0 Å². The molecule has 11 aromatic rings. The van der Waals surface area contributed by atoms with Gasteiger partial charge in [-0.15, -0.1) is 11.3 Å². The van der Waals surface area contributed by atoms with Crippen LogP contribution in [0.3, 0.4) is 0 Å². The maximum atomic E-state index is 2.48. The van der Waals surface area contributed by atoms with Crippen LogP contribution in [0.25, 0.3) is 64.7 Å². The third-order valence-electron chi connectivity index (χ3n) is 14.6. The van der Waals surface area contributed by atoms with Crippen molar-refractivity contribution in [3.05, 3.63) is 270 Å². The molecule has 2 aliphatic carbocycles. The SMILES string of the molecule is CC1(C)c2ccccc2-c2ccc(-c3ccc(N(c4ccc(-c5ccc6sc7ccccc7c6c5)cc4)c4cccc5c4-c4ccccc4C5(c4ccccc4)c4ccccc4)cc3)cc21. The molecule has 0 bridgehead atoms. The lowest BCUT2D eigenvalue weighted by atomic mass is 9.68. The number of anilines is 3. The molecule has 1 nitrogen and oxygen atoms in total. The molecule has 0 N–H and O–H groups in total. The summed E-state index contributed by atoms with van der Waals surface area (Å²) in [6.07, 6.45) is 0. The highest BCUT2D eigenvalue weighted by molar-refractivity contribution is 7.25. The molecule has 10 aromatic carbocycles. The summed E-state index contributed by atoms with van der Waals surface area (Å²) in [7, 11) is 0. The van der Waals surface area contributed by atoms with Crippen molar-refractivity contribution in [2.75, 3.05) is 4.90 Å². The predicted octanol–water partition coefficient (Wildman–Crippen LogP) is 17.5. The van der Waals surface area contributed by atoms with Gasteiger partial charge in [-0.25, -0.2) is 0 Å². The van der Waals surface area contributed by atoms with E-state index in [0.29, 0.717) is 0 Å². The first-order valence-electron chi connectivity index (χ1n) is 23.0. The minimum atomic E-state index is -0.505. The first-order valence-corrected chi connectivity index (χ1v) is 23.8. The lowest BCUT2D eigenvalue weighted by Gasteiger charge is -2.34. The first-order chi connectivity index (χ1) is 32.5. The first kappa shape index (κ1) is 38.7. The summed E-state index contributed by atoms with van der Waals surface area (Å²) in [6.45, 7) is 4.72. The minimum absolute atomic E-state index is 0.0627. The van der Waals surface area contributed by atoms with Crippen LogP contribution in [-0.4, -0.2) is 0 Å². The molecule has 0 fully saturated rings. The lowest BCUT2D eigenvalue weighted by Crippen LogP contribution is -2.28. The van der Waals surface area contributed by atoms with Gasteiger partial charge in [0, 0.05) is 42.5 Å². The second kappa shape index (κ2) is 14.9. The number of rotatable bonds is 7. The molecule has 0 saturated carbocycles. The van der Waals surface area contributed by atoms with Gasteiger partial charge in [-0.3, -0.25) is 0 Å². The molecule has 2 aliphatic rings. The highest BCUT2D eigenvalue weighted by Crippen LogP contribution is 2.59. The van der Waals surface area contributed by atoms with E-state index >= 15 is 0 Å². The van der Waals surface area contributed by atoms with Crippen molar-refractivity contribution in [2.45, 2.75) is 24.7 Å². The summed E-state index contributed by atoms with van der Waals surface area (Å²) in [5, 5.41) is 2.63. The molecule has 66 heavy (non-hydrogen) atoms. The predicted molar refractivity (Wildman–Crippen MR) is 280 cm³/mol. The van der Waals surface area contributed by atoms with Gasteiger partial charge in [0.2, 0.25) is 0 Å². The van der Waals surface area contributed by atoms with Crippen LogP contribution in [0.2, 0.25) is 0 Å². The summed E-state index contributed by atoms with van der Waals surface area (Å²) < 4.78 is 2.65. The summed E-state index contributed by atoms with van der Waals surface area (Å²) in [5.41, 5.74) is 20.7. The van der Waals surface area contributed by atoms with Crippen LogP contribution in [0.1, 0.15) is 47.2 Å². The van der Waals surface area contributed by atoms with Crippen molar-refractivity contribution in [1.82, 2.24) is 0 Å². The highest BCUT2D eigenvalue weighted by Gasteiger charge is 2.47. The Labute approximate surface area is 390 Å². The van der Waals surface area contributed by atoms with Gasteiger partial charge in [0.15, 0.2) is 0 Å². The van der Waals surface area contributed by atoms with Crippen molar-refractivity contribution in [1.29, 1.82) is 0 Å². The molecule has 1 heterocycles. The average molecular weight is 860 g/mol. The number of thiophene rings is 1. The fourth-order valence-corrected chi connectivity index (χ4v) is 12.6. The largest absolute Gasteiger partial charge is 0.310 e. The van der Waals surface area contributed by atoms with Crippen molar-refractivity contribution in [3.8, 4) is 44.5 Å². The van der Waals surface area contributed by atoms with E-state index in [4.69, 9.17) is 0 Å². The molecule has 0 spiro atoms. The third-order valence-corrected chi connectivity index (χ3v) is 15.7. The van der Waals surface area contributed by atoms with E-state index in [9.17, 15) is 0 Å². The Kier molecular flexibility index (Phi) is 8.72. The van der Waals surface area contributed by atoms with E-state index < -0.39 is 5.41 Å². The van der Waals surface area contributed by atoms with Crippen LogP contribution < -0.4 is 4.90 Å². The van der Waals surface area contributed by atoms with E-state index in [1.54, 1.807) is 0 Å². The maximum Gasteiger partial charge on any atom is 0.0714 e. The molecule has 312 valence electrons. The molecule has 1 aromatic heterocycles. The fraction of sp³-hybridized carbons (Fsp3) is 0.0625. The maximum absolute atomic E-state index is 2.48. The van der Waals surface area contributed by atoms with E-state index in [2.05, 4.69) is 255 Å². The molecule has 0 radical (unpaired) electrons. The summed E-state index contributed by atoms with van der Waals surface area (Å²) >= 11 is 1.86. The van der Waals surface area contributed by atoms with Crippen LogP contribution in [0, 0.1) is 0 Å². The molecular formula is C64H45NS. The summed E-state index contributed by atoms with van der Waals surface area (Å²) in [4.78, 5) is 2.48. The van der Waals surface area contributed by atoms with Crippen LogP contribution in [0.5, 0.6) is 0 Å². The Morgan fingerprint density at radius 3 is 1.56 bits per heavy atom. The zero-order valence-corrected chi connectivity index (χ0v) is 37.7. The van der Waals surface area contributed by atoms with Crippen molar-refractivity contribution >= 4 is 48.6 Å². The Hall–Kier alpha value is -7.78. The van der Waals surface area contributed by atoms with Gasteiger partial charge >= 0.3 is 0 Å². The molecule has 0 atom stereocenters. The van der Waals surface area contributed by atoms with Gasteiger partial charge in [-0.1, -0.05) is 196 Å². The summed E-state index contributed by atoms with van der Waals surface area (Å²) in [5.74, 6) is 0. The Morgan fingerprint density at radius 1 is 0.348 bits per heavy atom. The number of hydrogen-bond donors (Lipinski definition) is 0. The third kappa shape index (κ3) is 5.71. The molecule has 0 amide bonds. The topological polar surface area (TPSA) is 3.24 Å². The van der Waals surface area contributed by atoms with Crippen molar-refractivity contribution in [2.24, 2.45) is 0 Å². The van der Waals surface area contributed by atoms with E-state index in [1.807, 2.05) is 11.3 Å². The number of nitrogens with zero attached hydrogens (tertiary/aromatic N) is 1. The van der Waals surface area contributed by atoms with Crippen LogP contribution in [0.4, 0.5) is 17.1 Å². The van der Waals surface area contributed by atoms with Crippen molar-refractivity contribution in [3.63, 3.8) is 0 Å². The smallest absolute Gasteiger partial charge is 0.0714 e. The molecule has 0 unspecified atom stereocenters. The molecular weight excluding hydrogens is 815 g/mol. The molecule has 0 aliphatic heterocycles. The quantitative estimate of drug-likeness (QED) is 0.154. The van der Waals surface area contributed by atoms with Gasteiger partial charge in [0.25, 0.3) is 0 Å². The lowest BCUT2D eigenvalue weighted by molar-refractivity contribution is 0.660. The normalized spacial score (nSPS) is 13.8. The summed E-state index contributed by atoms with van der Waals surface area (Å²) in [6, 6.07) is 88.3. The van der Waals surface area contributed by atoms with Gasteiger partial charge in [-0.05, 0) is 127 Å². The Balaban J connectivity index is 0.981. The van der Waals surface area contributed by atoms with E-state index in [1.165, 1.54) is 98.1 Å². The number of fused-ring (bicyclic) bond motifs is 9. The Bertz CT molecular complexity index is 3620. The average Bonchev–Trinajstić information content (AvgIpc) is 3.99. The fourth-order valence-electron chi connectivity index (χ4n) is 11.5. The van der Waals surface area contributed by atoms with E-state index in [0.717, 1.165) is 17.1 Å². The van der Waals surface area contributed by atoms with Crippen molar-refractivity contribution < 1.29 is 0 Å². The standard InChI is InChI=1S/C64H45NS/c1-63(2)55-23-12-9-20-50(55)51-38-32-45(41-58(51)63)43-30-36-49(37-31-43)65(48-34-28-42(29-35-48)44-33-39-61-54(40-44)52-21-11-14-27-60(52)66-61)59-26-15-25-57-62(59)53-22-10-13-24-56(53)64(57,46-16-5-3-6-17-46)47-18-7-4-8-19-47/h3-41H,1-2H3. The Morgan fingerprint density at radius 2 is 0.864 bits per heavy atom. The zero-order chi connectivity index (χ0) is 44.0. The monoisotopic (exact) mass is 859 g/mol. The van der Waals surface area contributed by atoms with Crippen LogP contribution in [-0.2, 0) is 10.8 Å². The van der Waals surface area contributed by atoms with Gasteiger partial charge in [0.1, 0.15) is 0 Å². The zero-order valence-electron chi connectivity index (χ0n) is 36.9. The van der Waals surface area contributed by atoms with E-state index in [-0.39, 0.29) is 5.41 Å². The molecule has 2 heteroatoms. The highest BCUT2D eigenvalue weighted by atomic mass is 32.1. The second-order valence-electron chi connectivity index (χ2n) is 18.4. The number of hydrogen-bond acceptors (Lipinski definition) is 2. The van der Waals surface area contributed by atoms with Crippen LogP contribution >= 0.6 is 11.3 Å². The minimum Gasteiger partial charge on any atom is -0.310 e.